The molecular weight excluding hydrogens is 294 g/mol. The molecule has 0 radical (unpaired) electrons. The first-order valence-corrected chi connectivity index (χ1v) is 7.16. The molecule has 0 unspecified atom stereocenters. The molecule has 0 bridgehead atoms. The van der Waals surface area contributed by atoms with Crippen molar-refractivity contribution in [1.82, 2.24) is 0 Å². The Kier molecular flexibility index (Phi) is 6.36. The molecule has 0 aliphatic rings. The molecule has 1 rings (SSSR count). The maximum Gasteiger partial charge on any atom is 0.338 e. The fraction of sp³-hybridized carbons (Fsp3) is 0.500. The van der Waals surface area contributed by atoms with E-state index in [0.29, 0.717) is 5.56 Å². The van der Waals surface area contributed by atoms with Crippen LogP contribution >= 0.6 is 15.9 Å². The van der Waals surface area contributed by atoms with Gasteiger partial charge in [0.05, 0.1) is 18.7 Å². The summed E-state index contributed by atoms with van der Waals surface area (Å²) in [5.74, 6) is -0.254. The highest BCUT2D eigenvalue weighted by Crippen LogP contribution is 2.12. The zero-order valence-electron chi connectivity index (χ0n) is 11.2. The highest BCUT2D eigenvalue weighted by atomic mass is 79.9. The summed E-state index contributed by atoms with van der Waals surface area (Å²) < 4.78 is 6.33. The molecule has 4 heteroatoms. The number of hydrogen-bond acceptors (Lipinski definition) is 2. The first-order valence-electron chi connectivity index (χ1n) is 6.36. The smallest absolute Gasteiger partial charge is 0.338 e. The van der Waals surface area contributed by atoms with E-state index >= 15 is 0 Å². The topological polar surface area (TPSA) is 30.7 Å². The molecule has 18 heavy (non-hydrogen) atoms. The Morgan fingerprint density at radius 1 is 1.39 bits per heavy atom. The quantitative estimate of drug-likeness (QED) is 0.813. The van der Waals surface area contributed by atoms with E-state index in [2.05, 4.69) is 29.8 Å². The number of ether oxygens (including phenoxy) is 1. The highest BCUT2D eigenvalue weighted by molar-refractivity contribution is 9.10. The Balaban J connectivity index is 2.54. The van der Waals surface area contributed by atoms with Gasteiger partial charge in [-0.1, -0.05) is 22.0 Å². The van der Waals surface area contributed by atoms with Crippen molar-refractivity contribution in [1.29, 1.82) is 0 Å². The summed E-state index contributed by atoms with van der Waals surface area (Å²) in [4.78, 5) is 13.3. The molecule has 0 aromatic heterocycles. The number of carbonyl (C=O) groups is 1. The Hall–Kier alpha value is -0.870. The number of rotatable bonds is 6. The molecule has 3 nitrogen and oxygen atoms in total. The molecule has 0 aliphatic heterocycles. The largest absolute Gasteiger partial charge is 0.453 e. The van der Waals surface area contributed by atoms with E-state index in [1.54, 1.807) is 12.1 Å². The van der Waals surface area contributed by atoms with Gasteiger partial charge < -0.3 is 9.64 Å². The second-order valence-corrected chi connectivity index (χ2v) is 5.30. The lowest BCUT2D eigenvalue weighted by Gasteiger charge is -2.20. The van der Waals surface area contributed by atoms with Crippen LogP contribution in [-0.2, 0) is 4.74 Å². The van der Waals surface area contributed by atoms with E-state index in [1.165, 1.54) is 4.90 Å². The minimum absolute atomic E-state index is 0.0635. The third-order valence-corrected chi connectivity index (χ3v) is 3.44. The van der Waals surface area contributed by atoms with Crippen LogP contribution in [0.25, 0.3) is 0 Å². The van der Waals surface area contributed by atoms with Crippen LogP contribution < -0.4 is 4.90 Å². The number of esters is 1. The summed E-state index contributed by atoms with van der Waals surface area (Å²) in [6.07, 6.45) is -0.0635. The lowest BCUT2D eigenvalue weighted by molar-refractivity contribution is -0.899. The lowest BCUT2D eigenvalue weighted by Crippen LogP contribution is -3.12. The molecule has 0 amide bonds. The van der Waals surface area contributed by atoms with Crippen molar-refractivity contribution in [3.05, 3.63) is 34.3 Å². The second-order valence-electron chi connectivity index (χ2n) is 4.39. The van der Waals surface area contributed by atoms with Gasteiger partial charge in [-0.15, -0.1) is 0 Å². The Labute approximate surface area is 117 Å². The second kappa shape index (κ2) is 7.54. The molecule has 0 fully saturated rings. The van der Waals surface area contributed by atoms with Crippen LogP contribution in [0.4, 0.5) is 0 Å². The summed E-state index contributed by atoms with van der Waals surface area (Å²) >= 11 is 3.35. The van der Waals surface area contributed by atoms with Gasteiger partial charge in [-0.3, -0.25) is 0 Å². The van der Waals surface area contributed by atoms with E-state index in [9.17, 15) is 4.79 Å². The summed E-state index contributed by atoms with van der Waals surface area (Å²) in [6, 6.07) is 7.27. The minimum atomic E-state index is -0.254. The molecule has 0 aliphatic carbocycles. The van der Waals surface area contributed by atoms with Gasteiger partial charge in [-0.05, 0) is 39.0 Å². The van der Waals surface area contributed by atoms with Gasteiger partial charge in [0.25, 0.3) is 0 Å². The number of benzene rings is 1. The molecule has 0 heterocycles. The van der Waals surface area contributed by atoms with Gasteiger partial charge in [-0.2, -0.15) is 0 Å². The van der Waals surface area contributed by atoms with E-state index in [-0.39, 0.29) is 12.1 Å². The molecule has 1 atom stereocenters. The average Bonchev–Trinajstić information content (AvgIpc) is 2.35. The van der Waals surface area contributed by atoms with Crippen LogP contribution in [-0.4, -0.2) is 31.7 Å². The number of hydrogen-bond donors (Lipinski definition) is 1. The number of carbonyl (C=O) groups excluding carboxylic acids is 1. The summed E-state index contributed by atoms with van der Waals surface area (Å²) in [5, 5.41) is 0. The van der Waals surface area contributed by atoms with E-state index in [0.717, 1.165) is 24.1 Å². The predicted octanol–water partition coefficient (Wildman–Crippen LogP) is 1.92. The Morgan fingerprint density at radius 3 is 2.61 bits per heavy atom. The fourth-order valence-electron chi connectivity index (χ4n) is 1.85. The van der Waals surface area contributed by atoms with Crippen molar-refractivity contribution >= 4 is 21.9 Å². The average molecular weight is 315 g/mol. The van der Waals surface area contributed by atoms with Crippen molar-refractivity contribution in [2.24, 2.45) is 0 Å². The monoisotopic (exact) mass is 314 g/mol. The van der Waals surface area contributed by atoms with Crippen LogP contribution in [0.3, 0.4) is 0 Å². The number of halogens is 1. The lowest BCUT2D eigenvalue weighted by atomic mass is 10.2. The van der Waals surface area contributed by atoms with Gasteiger partial charge in [0.2, 0.25) is 0 Å². The maximum atomic E-state index is 11.9. The molecule has 1 aromatic carbocycles. The molecule has 0 spiro atoms. The zero-order chi connectivity index (χ0) is 13.5. The van der Waals surface area contributed by atoms with Crippen LogP contribution in [0.2, 0.25) is 0 Å². The van der Waals surface area contributed by atoms with Gasteiger partial charge in [-0.25, -0.2) is 4.79 Å². The van der Waals surface area contributed by atoms with Gasteiger partial charge in [0.15, 0.2) is 0 Å². The minimum Gasteiger partial charge on any atom is -0.453 e. The molecule has 0 saturated heterocycles. The van der Waals surface area contributed by atoms with Crippen LogP contribution in [0.1, 0.15) is 31.1 Å². The fourth-order valence-corrected chi connectivity index (χ4v) is 2.25. The number of likely N-dealkylation sites (N-methyl/N-ethyl adjacent to an activating group) is 1. The summed E-state index contributed by atoms with van der Waals surface area (Å²) in [6.45, 7) is 9.18. The molecule has 1 aromatic rings. The van der Waals surface area contributed by atoms with Crippen LogP contribution in [0.5, 0.6) is 0 Å². The standard InChI is InChI=1S/C14H20BrNO2/c1-4-16(5-2)10-11(3)18-14(17)12-7-6-8-13(15)9-12/h6-9,11H,4-5,10H2,1-3H3/p+1/t11-/m1/s1. The molecule has 0 saturated carbocycles. The Bertz CT molecular complexity index is 391. The highest BCUT2D eigenvalue weighted by Gasteiger charge is 2.16. The van der Waals surface area contributed by atoms with E-state index in [4.69, 9.17) is 4.74 Å². The van der Waals surface area contributed by atoms with Gasteiger partial charge >= 0.3 is 5.97 Å². The SMILES string of the molecule is CC[NH+](CC)C[C@@H](C)OC(=O)c1cccc(Br)c1. The van der Waals surface area contributed by atoms with Crippen molar-refractivity contribution in [3.63, 3.8) is 0 Å². The van der Waals surface area contributed by atoms with Gasteiger partial charge in [0, 0.05) is 4.47 Å². The zero-order valence-corrected chi connectivity index (χ0v) is 12.8. The van der Waals surface area contributed by atoms with E-state index in [1.807, 2.05) is 19.1 Å². The van der Waals surface area contributed by atoms with Crippen molar-refractivity contribution in [3.8, 4) is 0 Å². The Morgan fingerprint density at radius 2 is 2.06 bits per heavy atom. The molecule has 100 valence electrons. The molecular formula is C14H21BrNO2+. The summed E-state index contributed by atoms with van der Waals surface area (Å²) in [5.41, 5.74) is 0.589. The van der Waals surface area contributed by atoms with Gasteiger partial charge in [0.1, 0.15) is 12.6 Å². The van der Waals surface area contributed by atoms with Crippen LogP contribution in [0.15, 0.2) is 28.7 Å². The first-order chi connectivity index (χ1) is 8.56. The maximum absolute atomic E-state index is 11.9. The number of quaternary nitrogens is 1. The predicted molar refractivity (Wildman–Crippen MR) is 75.9 cm³/mol. The summed E-state index contributed by atoms with van der Waals surface area (Å²) in [7, 11) is 0. The third kappa shape index (κ3) is 4.78. The van der Waals surface area contributed by atoms with Crippen molar-refractivity contribution < 1.29 is 14.4 Å². The normalized spacial score (nSPS) is 12.5. The third-order valence-electron chi connectivity index (χ3n) is 2.94. The molecule has 1 N–H and O–H groups in total. The van der Waals surface area contributed by atoms with Crippen molar-refractivity contribution in [2.45, 2.75) is 26.9 Å². The van der Waals surface area contributed by atoms with Crippen LogP contribution in [0, 0.1) is 0 Å². The van der Waals surface area contributed by atoms with Crippen molar-refractivity contribution in [2.75, 3.05) is 19.6 Å². The van der Waals surface area contributed by atoms with E-state index < -0.39 is 0 Å². The number of nitrogens with one attached hydrogen (secondary N) is 1. The first kappa shape index (κ1) is 15.2.